The Morgan fingerprint density at radius 1 is 1.00 bits per heavy atom. The minimum atomic E-state index is -2.82. The predicted octanol–water partition coefficient (Wildman–Crippen LogP) is 6.90. The molecule has 4 heterocycles. The molecule has 0 amide bonds. The van der Waals surface area contributed by atoms with E-state index in [0.29, 0.717) is 42.0 Å². The topological polar surface area (TPSA) is 99.4 Å². The number of imidazole rings is 1. The zero-order chi connectivity index (χ0) is 32.2. The molecule has 236 valence electrons. The number of nitrogens with zero attached hydrogens (tertiary/aromatic N) is 4. The molecule has 3 fully saturated rings. The molecule has 1 aliphatic carbocycles. The number of aromatic nitrogens is 4. The minimum absolute atomic E-state index is 0.00642. The van der Waals surface area contributed by atoms with Gasteiger partial charge in [-0.3, -0.25) is 0 Å². The molecule has 5 aromatic rings. The number of benzene rings is 3. The molecular formula is C33H25F5N4O4. The van der Waals surface area contributed by atoms with Gasteiger partial charge < -0.3 is 19.1 Å². The van der Waals surface area contributed by atoms with Gasteiger partial charge in [-0.25, -0.2) is 36.7 Å². The van der Waals surface area contributed by atoms with Crippen LogP contribution in [0.3, 0.4) is 0 Å². The van der Waals surface area contributed by atoms with E-state index in [1.54, 1.807) is 6.07 Å². The predicted molar refractivity (Wildman–Crippen MR) is 154 cm³/mol. The third-order valence-corrected chi connectivity index (χ3v) is 8.55. The normalized spacial score (nSPS) is 18.7. The standard InChI is InChI=1S/C33H25F5N4O4/c34-23-7-18(30(37)38)1-2-20(23)15-45-32-39-6-5-26(41-32)22-11-24(35)21(8-25(22)36)10-29-40-27-4-3-19(31(43)44)9-28(27)42(29)16-33-12-17(13-33)14-46-33/h1-9,11,17,30H,10,12-16H2,(H,43,44). The second kappa shape index (κ2) is 11.5. The van der Waals surface area contributed by atoms with Gasteiger partial charge in [-0.05, 0) is 66.8 Å². The second-order valence-electron chi connectivity index (χ2n) is 11.7. The quantitative estimate of drug-likeness (QED) is 0.167. The molecule has 0 atom stereocenters. The first kappa shape index (κ1) is 29.8. The summed E-state index contributed by atoms with van der Waals surface area (Å²) in [6.45, 7) is 0.686. The highest BCUT2D eigenvalue weighted by atomic mass is 19.3. The lowest BCUT2D eigenvalue weighted by atomic mass is 9.74. The Morgan fingerprint density at radius 2 is 1.80 bits per heavy atom. The molecule has 8 nitrogen and oxygen atoms in total. The fourth-order valence-corrected chi connectivity index (χ4v) is 6.21. The summed E-state index contributed by atoms with van der Waals surface area (Å²) in [6, 6.07) is 10.7. The second-order valence-corrected chi connectivity index (χ2v) is 11.7. The molecule has 8 rings (SSSR count). The number of carboxylic acid groups (broad SMARTS) is 1. The summed E-state index contributed by atoms with van der Waals surface area (Å²) in [4.78, 5) is 24.4. The number of halogens is 5. The van der Waals surface area contributed by atoms with E-state index in [9.17, 15) is 23.1 Å². The maximum absolute atomic E-state index is 15.6. The minimum Gasteiger partial charge on any atom is -0.478 e. The van der Waals surface area contributed by atoms with Crippen molar-refractivity contribution in [3.05, 3.63) is 106 Å². The van der Waals surface area contributed by atoms with E-state index >= 15 is 8.78 Å². The Hall–Kier alpha value is -4.91. The number of rotatable bonds is 10. The molecule has 2 aromatic heterocycles. The molecule has 0 unspecified atom stereocenters. The summed E-state index contributed by atoms with van der Waals surface area (Å²) in [5.41, 5.74) is 0.173. The smallest absolute Gasteiger partial charge is 0.335 e. The van der Waals surface area contributed by atoms with Gasteiger partial charge in [0.25, 0.3) is 6.43 Å². The first-order valence-corrected chi connectivity index (χ1v) is 14.4. The van der Waals surface area contributed by atoms with Gasteiger partial charge in [0.05, 0.1) is 41.0 Å². The van der Waals surface area contributed by atoms with Crippen molar-refractivity contribution >= 4 is 17.0 Å². The Bertz CT molecular complexity index is 1990. The van der Waals surface area contributed by atoms with E-state index in [0.717, 1.165) is 37.1 Å². The first-order valence-electron chi connectivity index (χ1n) is 14.4. The van der Waals surface area contributed by atoms with Crippen LogP contribution in [-0.2, 0) is 24.3 Å². The Kier molecular flexibility index (Phi) is 7.42. The van der Waals surface area contributed by atoms with E-state index < -0.39 is 41.0 Å². The number of aromatic carboxylic acids is 1. The Morgan fingerprint density at radius 3 is 2.52 bits per heavy atom. The lowest BCUT2D eigenvalue weighted by Gasteiger charge is -2.36. The van der Waals surface area contributed by atoms with Crippen LogP contribution >= 0.6 is 0 Å². The van der Waals surface area contributed by atoms with Crippen LogP contribution in [0.2, 0.25) is 0 Å². The number of carboxylic acids is 1. The average molecular weight is 637 g/mol. The van der Waals surface area contributed by atoms with Crippen molar-refractivity contribution in [2.24, 2.45) is 5.92 Å². The van der Waals surface area contributed by atoms with Crippen LogP contribution in [0.5, 0.6) is 6.01 Å². The fraction of sp³-hybridized carbons (Fsp3) is 0.273. The van der Waals surface area contributed by atoms with Crippen LogP contribution < -0.4 is 4.74 Å². The maximum Gasteiger partial charge on any atom is 0.335 e. The third-order valence-electron chi connectivity index (χ3n) is 8.55. The number of alkyl halides is 2. The zero-order valence-corrected chi connectivity index (χ0v) is 24.0. The van der Waals surface area contributed by atoms with E-state index in [1.165, 1.54) is 24.4 Å². The van der Waals surface area contributed by atoms with E-state index in [1.807, 2.05) is 4.57 Å². The third kappa shape index (κ3) is 5.55. The van der Waals surface area contributed by atoms with Crippen molar-refractivity contribution in [2.45, 2.75) is 44.4 Å². The highest BCUT2D eigenvalue weighted by Crippen LogP contribution is 2.49. The van der Waals surface area contributed by atoms with Crippen LogP contribution in [0.1, 0.15) is 52.1 Å². The lowest BCUT2D eigenvalue weighted by Crippen LogP contribution is -2.41. The number of carbonyl (C=O) groups is 1. The van der Waals surface area contributed by atoms with E-state index in [-0.39, 0.29) is 47.0 Å². The summed E-state index contributed by atoms with van der Waals surface area (Å²) < 4.78 is 84.2. The van der Waals surface area contributed by atoms with Crippen LogP contribution in [0.15, 0.2) is 60.8 Å². The van der Waals surface area contributed by atoms with Gasteiger partial charge in [0.2, 0.25) is 0 Å². The molecule has 13 heteroatoms. The highest BCUT2D eigenvalue weighted by molar-refractivity contribution is 5.92. The summed E-state index contributed by atoms with van der Waals surface area (Å²) in [7, 11) is 0. The number of hydrogen-bond acceptors (Lipinski definition) is 6. The number of ether oxygens (including phenoxy) is 2. The van der Waals surface area contributed by atoms with Crippen LogP contribution in [-0.4, -0.2) is 42.8 Å². The van der Waals surface area contributed by atoms with Gasteiger partial charge in [-0.15, -0.1) is 0 Å². The van der Waals surface area contributed by atoms with Crippen LogP contribution in [0.25, 0.3) is 22.3 Å². The SMILES string of the molecule is O=C(O)c1ccc2nc(Cc3cc(F)c(-c4ccnc(OCc5ccc(C(F)F)cc5F)n4)cc3F)n(CC34CC(CO3)C4)c2c1. The molecule has 0 spiro atoms. The summed E-state index contributed by atoms with van der Waals surface area (Å²) in [6.07, 6.45) is 0.104. The number of hydrogen-bond donors (Lipinski definition) is 1. The van der Waals surface area contributed by atoms with E-state index in [2.05, 4.69) is 15.0 Å². The van der Waals surface area contributed by atoms with Crippen molar-refractivity contribution in [3.63, 3.8) is 0 Å². The van der Waals surface area contributed by atoms with Crippen LogP contribution in [0.4, 0.5) is 22.0 Å². The molecule has 46 heavy (non-hydrogen) atoms. The summed E-state index contributed by atoms with van der Waals surface area (Å²) in [5, 5.41) is 9.54. The zero-order valence-electron chi connectivity index (χ0n) is 24.0. The van der Waals surface area contributed by atoms with E-state index in [4.69, 9.17) is 9.47 Å². The van der Waals surface area contributed by atoms with Crippen molar-refractivity contribution in [1.82, 2.24) is 19.5 Å². The first-order chi connectivity index (χ1) is 22.1. The van der Waals surface area contributed by atoms with Gasteiger partial charge >= 0.3 is 12.0 Å². The molecular weight excluding hydrogens is 611 g/mol. The van der Waals surface area contributed by atoms with Crippen molar-refractivity contribution in [3.8, 4) is 17.3 Å². The number of fused-ring (bicyclic) bond motifs is 2. The van der Waals surface area contributed by atoms with Crippen molar-refractivity contribution < 1.29 is 41.3 Å². The average Bonchev–Trinajstić information content (AvgIpc) is 3.71. The van der Waals surface area contributed by atoms with Gasteiger partial charge in [-0.1, -0.05) is 12.1 Å². The van der Waals surface area contributed by atoms with Gasteiger partial charge in [0, 0.05) is 29.3 Å². The molecule has 3 aliphatic rings. The van der Waals surface area contributed by atoms with Gasteiger partial charge in [-0.2, -0.15) is 4.98 Å². The van der Waals surface area contributed by atoms with Crippen LogP contribution in [0, 0.1) is 23.4 Å². The molecule has 2 bridgehead atoms. The van der Waals surface area contributed by atoms with Crippen molar-refractivity contribution in [2.75, 3.05) is 6.61 Å². The summed E-state index contributed by atoms with van der Waals surface area (Å²) in [5.74, 6) is -2.55. The maximum atomic E-state index is 15.6. The van der Waals surface area contributed by atoms with Gasteiger partial charge in [0.15, 0.2) is 0 Å². The van der Waals surface area contributed by atoms with Gasteiger partial charge in [0.1, 0.15) is 29.9 Å². The largest absolute Gasteiger partial charge is 0.478 e. The highest BCUT2D eigenvalue weighted by Gasteiger charge is 2.52. The molecule has 2 aliphatic heterocycles. The Balaban J connectivity index is 1.15. The van der Waals surface area contributed by atoms with Crippen molar-refractivity contribution in [1.29, 1.82) is 0 Å². The molecule has 2 saturated heterocycles. The molecule has 3 aromatic carbocycles. The molecule has 1 saturated carbocycles. The molecule has 0 radical (unpaired) electrons. The molecule has 1 N–H and O–H groups in total. The summed E-state index contributed by atoms with van der Waals surface area (Å²) >= 11 is 0. The Labute approximate surface area is 258 Å². The lowest BCUT2D eigenvalue weighted by molar-refractivity contribution is -0.0132. The fourth-order valence-electron chi connectivity index (χ4n) is 6.21. The monoisotopic (exact) mass is 636 g/mol.